The van der Waals surface area contributed by atoms with Gasteiger partial charge in [0.05, 0.1) is 29.2 Å². The van der Waals surface area contributed by atoms with Gasteiger partial charge in [-0.25, -0.2) is 9.97 Å². The van der Waals surface area contributed by atoms with Crippen molar-refractivity contribution < 1.29 is 14.6 Å². The molecule has 2 N–H and O–H groups in total. The minimum absolute atomic E-state index is 0.0879. The van der Waals surface area contributed by atoms with Gasteiger partial charge in [-0.2, -0.15) is 0 Å². The molecule has 7 nitrogen and oxygen atoms in total. The highest BCUT2D eigenvalue weighted by molar-refractivity contribution is 5.92. The molecule has 7 heteroatoms. The van der Waals surface area contributed by atoms with Gasteiger partial charge in [-0.15, -0.1) is 5.73 Å². The monoisotopic (exact) mass is 444 g/mol. The number of anilines is 1. The van der Waals surface area contributed by atoms with E-state index in [2.05, 4.69) is 39.7 Å². The topological polar surface area (TPSA) is 91.3 Å². The van der Waals surface area contributed by atoms with E-state index in [4.69, 9.17) is 9.72 Å². The molecule has 3 aromatic rings. The number of carbonyl (C=O) groups is 1. The molecule has 0 radical (unpaired) electrons. The normalized spacial score (nSPS) is 16.6. The van der Waals surface area contributed by atoms with Crippen molar-refractivity contribution in [3.63, 3.8) is 0 Å². The third-order valence-corrected chi connectivity index (χ3v) is 6.44. The Balaban J connectivity index is 1.21. The van der Waals surface area contributed by atoms with Crippen molar-refractivity contribution in [2.45, 2.75) is 39.7 Å². The quantitative estimate of drug-likeness (QED) is 0.515. The molecule has 170 valence electrons. The number of aliphatic carboxylic acids is 1. The predicted octanol–water partition coefficient (Wildman–Crippen LogP) is 4.66. The standard InChI is InChI=1S/C26H28N4O3/c1-16-12-20(16)17-4-6-21-22(13-17)29-24(28-21)18-5-7-23(27-14-18)30-10-8-19(9-11-30)33-15-26(2,3)25(31)32/h4-7,13-14,19H,8-11,15H2,1-3H3,(H,28,29)(H,31,32). The third kappa shape index (κ3) is 4.42. The number of aromatic amines is 1. The first-order valence-electron chi connectivity index (χ1n) is 11.3. The highest BCUT2D eigenvalue weighted by Gasteiger charge is 2.30. The Morgan fingerprint density at radius 2 is 1.97 bits per heavy atom. The van der Waals surface area contributed by atoms with E-state index in [0.29, 0.717) is 0 Å². The number of ether oxygens (including phenoxy) is 1. The molecule has 0 unspecified atom stereocenters. The van der Waals surface area contributed by atoms with Crippen LogP contribution in [-0.4, -0.2) is 51.8 Å². The summed E-state index contributed by atoms with van der Waals surface area (Å²) in [5.74, 6) is 0.911. The van der Waals surface area contributed by atoms with Gasteiger partial charge >= 0.3 is 5.97 Å². The summed E-state index contributed by atoms with van der Waals surface area (Å²) in [5, 5.41) is 9.25. The van der Waals surface area contributed by atoms with Gasteiger partial charge in [0.2, 0.25) is 0 Å². The number of hydrogen-bond acceptors (Lipinski definition) is 5. The molecule has 2 aliphatic rings. The summed E-state index contributed by atoms with van der Waals surface area (Å²) in [5.41, 5.74) is 8.87. The summed E-state index contributed by atoms with van der Waals surface area (Å²) in [6, 6.07) is 10.3. The second-order valence-corrected chi connectivity index (χ2v) is 9.53. The van der Waals surface area contributed by atoms with Crippen LogP contribution in [0.4, 0.5) is 5.82 Å². The van der Waals surface area contributed by atoms with Gasteiger partial charge in [-0.3, -0.25) is 4.79 Å². The van der Waals surface area contributed by atoms with Crippen LogP contribution in [0.15, 0.2) is 47.8 Å². The van der Waals surface area contributed by atoms with E-state index >= 15 is 0 Å². The first kappa shape index (κ1) is 21.4. The number of hydrogen-bond donors (Lipinski definition) is 2. The average molecular weight is 445 g/mol. The number of aromatic nitrogens is 3. The van der Waals surface area contributed by atoms with Gasteiger partial charge in [0.15, 0.2) is 0 Å². The van der Waals surface area contributed by atoms with Crippen molar-refractivity contribution >= 4 is 28.4 Å². The minimum Gasteiger partial charge on any atom is -0.481 e. The van der Waals surface area contributed by atoms with Crippen molar-refractivity contribution in [1.29, 1.82) is 0 Å². The van der Waals surface area contributed by atoms with Crippen LogP contribution in [0.2, 0.25) is 0 Å². The Labute approximate surface area is 192 Å². The molecule has 0 amide bonds. The molecule has 1 aliphatic carbocycles. The van der Waals surface area contributed by atoms with Crippen LogP contribution in [0.5, 0.6) is 0 Å². The summed E-state index contributed by atoms with van der Waals surface area (Å²) in [6.45, 7) is 7.36. The van der Waals surface area contributed by atoms with E-state index in [1.807, 2.05) is 24.4 Å². The SMILES string of the molecule is CC1=C=C1c1ccc2nc(-c3ccc(N4CCC(OCC(C)(C)C(=O)O)CC4)nc3)[nH]c2c1. The van der Waals surface area contributed by atoms with E-state index in [1.54, 1.807) is 13.8 Å². The van der Waals surface area contributed by atoms with Crippen molar-refractivity contribution in [2.75, 3.05) is 24.6 Å². The highest BCUT2D eigenvalue weighted by Crippen LogP contribution is 2.33. The molecule has 5 rings (SSSR count). The number of H-pyrrole nitrogens is 1. The Hall–Kier alpha value is -3.41. The van der Waals surface area contributed by atoms with Gasteiger partial charge < -0.3 is 19.7 Å². The van der Waals surface area contributed by atoms with Crippen LogP contribution in [0.25, 0.3) is 28.0 Å². The molecule has 1 fully saturated rings. The van der Waals surface area contributed by atoms with Gasteiger partial charge in [-0.05, 0) is 63.4 Å². The van der Waals surface area contributed by atoms with Gasteiger partial charge in [-0.1, -0.05) is 6.07 Å². The van der Waals surface area contributed by atoms with E-state index in [9.17, 15) is 9.90 Å². The number of allylic oxidation sites excluding steroid dienone is 1. The van der Waals surface area contributed by atoms with E-state index in [1.165, 1.54) is 16.7 Å². The number of nitrogens with one attached hydrogen (secondary N) is 1. The molecule has 1 aromatic carbocycles. The summed E-state index contributed by atoms with van der Waals surface area (Å²) in [4.78, 5) is 26.3. The summed E-state index contributed by atoms with van der Waals surface area (Å²) >= 11 is 0. The molecule has 2 aromatic heterocycles. The maximum atomic E-state index is 11.3. The van der Waals surface area contributed by atoms with E-state index < -0.39 is 11.4 Å². The van der Waals surface area contributed by atoms with Gasteiger partial charge in [0, 0.05) is 36.0 Å². The number of fused-ring (bicyclic) bond motifs is 1. The van der Waals surface area contributed by atoms with Crippen LogP contribution >= 0.6 is 0 Å². The molecular formula is C26H28N4O3. The van der Waals surface area contributed by atoms with Crippen molar-refractivity contribution in [3.05, 3.63) is 53.4 Å². The molecule has 0 atom stereocenters. The number of benzene rings is 1. The predicted molar refractivity (Wildman–Crippen MR) is 128 cm³/mol. The molecule has 0 saturated carbocycles. The number of carboxylic acid groups (broad SMARTS) is 1. The molecule has 0 bridgehead atoms. The van der Waals surface area contributed by atoms with E-state index in [-0.39, 0.29) is 12.7 Å². The first-order chi connectivity index (χ1) is 15.8. The summed E-state index contributed by atoms with van der Waals surface area (Å²) in [7, 11) is 0. The number of carboxylic acids is 1. The fourth-order valence-corrected chi connectivity index (χ4v) is 4.10. The third-order valence-electron chi connectivity index (χ3n) is 6.44. The van der Waals surface area contributed by atoms with Crippen molar-refractivity contribution in [3.8, 4) is 11.4 Å². The molecule has 1 aliphatic heterocycles. The summed E-state index contributed by atoms with van der Waals surface area (Å²) in [6.07, 6.45) is 3.66. The second kappa shape index (κ2) is 8.18. The zero-order valence-electron chi connectivity index (χ0n) is 19.2. The first-order valence-corrected chi connectivity index (χ1v) is 11.3. The maximum Gasteiger partial charge on any atom is 0.311 e. The Bertz CT molecular complexity index is 1270. The highest BCUT2D eigenvalue weighted by atomic mass is 16.5. The Kier molecular flexibility index (Phi) is 5.31. The minimum atomic E-state index is -0.863. The molecule has 1 saturated heterocycles. The molecule has 3 heterocycles. The molecule has 33 heavy (non-hydrogen) atoms. The summed E-state index contributed by atoms with van der Waals surface area (Å²) < 4.78 is 5.88. The van der Waals surface area contributed by atoms with Crippen LogP contribution < -0.4 is 4.90 Å². The number of nitrogens with zero attached hydrogens (tertiary/aromatic N) is 3. The van der Waals surface area contributed by atoms with Crippen LogP contribution in [0, 0.1) is 5.41 Å². The Morgan fingerprint density at radius 1 is 1.24 bits per heavy atom. The van der Waals surface area contributed by atoms with Gasteiger partial charge in [0.25, 0.3) is 0 Å². The van der Waals surface area contributed by atoms with Gasteiger partial charge in [0.1, 0.15) is 11.6 Å². The fourth-order valence-electron chi connectivity index (χ4n) is 4.10. The number of pyridine rings is 1. The maximum absolute atomic E-state index is 11.3. The lowest BCUT2D eigenvalue weighted by Gasteiger charge is -2.34. The Morgan fingerprint density at radius 3 is 2.61 bits per heavy atom. The van der Waals surface area contributed by atoms with Crippen molar-refractivity contribution in [1.82, 2.24) is 15.0 Å². The number of piperidine rings is 1. The smallest absolute Gasteiger partial charge is 0.311 e. The van der Waals surface area contributed by atoms with Crippen LogP contribution in [0.3, 0.4) is 0 Å². The van der Waals surface area contributed by atoms with E-state index in [0.717, 1.165) is 54.2 Å². The second-order valence-electron chi connectivity index (χ2n) is 9.53. The number of imidazole rings is 1. The number of rotatable bonds is 7. The largest absolute Gasteiger partial charge is 0.481 e. The zero-order chi connectivity index (χ0) is 23.2. The fraction of sp³-hybridized carbons (Fsp3) is 0.385. The lowest BCUT2D eigenvalue weighted by molar-refractivity contribution is -0.152. The zero-order valence-corrected chi connectivity index (χ0v) is 19.2. The van der Waals surface area contributed by atoms with Crippen molar-refractivity contribution in [2.24, 2.45) is 5.41 Å². The molecular weight excluding hydrogens is 416 g/mol. The van der Waals surface area contributed by atoms with Crippen LogP contribution in [-0.2, 0) is 9.53 Å². The lowest BCUT2D eigenvalue weighted by atomic mass is 9.95. The lowest BCUT2D eigenvalue weighted by Crippen LogP contribution is -2.39. The van der Waals surface area contributed by atoms with Crippen LogP contribution in [0.1, 0.15) is 39.2 Å². The average Bonchev–Trinajstić information content (AvgIpc) is 3.39. The molecule has 0 spiro atoms.